The van der Waals surface area contributed by atoms with Crippen molar-refractivity contribution in [3.63, 3.8) is 0 Å². The minimum absolute atomic E-state index is 0.00188. The lowest BCUT2D eigenvalue weighted by Gasteiger charge is -2.12. The summed E-state index contributed by atoms with van der Waals surface area (Å²) >= 11 is 1.36. The summed E-state index contributed by atoms with van der Waals surface area (Å²) in [6, 6.07) is 6.10. The average Bonchev–Trinajstić information content (AvgIpc) is 2.92. The standard InChI is InChI=1S/C15H21N5OS/c1-5-8-16-14(21)12(4)22-15-17-18-19-20(15)13-7-6-10(2)9-11(13)3/h6-7,9,12H,5,8H2,1-4H3,(H,16,21)/t12-/m1/s1. The van der Waals surface area contributed by atoms with Crippen molar-refractivity contribution >= 4 is 17.7 Å². The summed E-state index contributed by atoms with van der Waals surface area (Å²) < 4.78 is 1.68. The van der Waals surface area contributed by atoms with Gasteiger partial charge in [0.25, 0.3) is 0 Å². The Kier molecular flexibility index (Phi) is 5.54. The predicted octanol–water partition coefficient (Wildman–Crippen LogP) is 2.29. The summed E-state index contributed by atoms with van der Waals surface area (Å²) in [5, 5.41) is 15.1. The minimum Gasteiger partial charge on any atom is -0.355 e. The van der Waals surface area contributed by atoms with Crippen LogP contribution >= 0.6 is 11.8 Å². The van der Waals surface area contributed by atoms with E-state index in [0.29, 0.717) is 11.7 Å². The highest BCUT2D eigenvalue weighted by molar-refractivity contribution is 8.00. The molecule has 0 saturated carbocycles. The Bertz CT molecular complexity index is 655. The second-order valence-electron chi connectivity index (χ2n) is 5.21. The monoisotopic (exact) mass is 319 g/mol. The number of aryl methyl sites for hydroxylation is 2. The van der Waals surface area contributed by atoms with Gasteiger partial charge in [-0.2, -0.15) is 4.68 Å². The molecule has 1 amide bonds. The number of tetrazole rings is 1. The molecule has 7 heteroatoms. The zero-order valence-corrected chi connectivity index (χ0v) is 14.1. The van der Waals surface area contributed by atoms with Gasteiger partial charge in [-0.05, 0) is 49.2 Å². The molecule has 0 spiro atoms. The molecule has 0 saturated heterocycles. The maximum Gasteiger partial charge on any atom is 0.233 e. The second-order valence-corrected chi connectivity index (χ2v) is 6.52. The lowest BCUT2D eigenvalue weighted by atomic mass is 10.1. The fraction of sp³-hybridized carbons (Fsp3) is 0.467. The molecule has 0 bridgehead atoms. The third-order valence-electron chi connectivity index (χ3n) is 3.22. The number of carbonyl (C=O) groups is 1. The van der Waals surface area contributed by atoms with Crippen molar-refractivity contribution in [3.05, 3.63) is 29.3 Å². The number of thioether (sulfide) groups is 1. The van der Waals surface area contributed by atoms with E-state index in [2.05, 4.69) is 26.9 Å². The summed E-state index contributed by atoms with van der Waals surface area (Å²) in [6.07, 6.45) is 0.920. The topological polar surface area (TPSA) is 72.7 Å². The van der Waals surface area contributed by atoms with Gasteiger partial charge in [0.15, 0.2) is 0 Å². The van der Waals surface area contributed by atoms with E-state index in [-0.39, 0.29) is 11.2 Å². The van der Waals surface area contributed by atoms with Crippen molar-refractivity contribution in [1.82, 2.24) is 25.5 Å². The smallest absolute Gasteiger partial charge is 0.233 e. The van der Waals surface area contributed by atoms with Gasteiger partial charge < -0.3 is 5.32 Å². The quantitative estimate of drug-likeness (QED) is 0.827. The highest BCUT2D eigenvalue weighted by Gasteiger charge is 2.19. The molecule has 6 nitrogen and oxygen atoms in total. The Morgan fingerprint density at radius 1 is 1.41 bits per heavy atom. The van der Waals surface area contributed by atoms with E-state index in [4.69, 9.17) is 0 Å². The van der Waals surface area contributed by atoms with Crippen molar-refractivity contribution in [2.75, 3.05) is 6.54 Å². The molecule has 0 aliphatic carbocycles. The van der Waals surface area contributed by atoms with Crippen molar-refractivity contribution in [2.24, 2.45) is 0 Å². The predicted molar refractivity (Wildman–Crippen MR) is 87.2 cm³/mol. The number of benzene rings is 1. The van der Waals surface area contributed by atoms with Crippen molar-refractivity contribution in [1.29, 1.82) is 0 Å². The van der Waals surface area contributed by atoms with Gasteiger partial charge in [-0.3, -0.25) is 4.79 Å². The molecule has 1 N–H and O–H groups in total. The van der Waals surface area contributed by atoms with Gasteiger partial charge in [0, 0.05) is 6.54 Å². The van der Waals surface area contributed by atoms with Gasteiger partial charge in [0.05, 0.1) is 10.9 Å². The van der Waals surface area contributed by atoms with Crippen LogP contribution in [0.3, 0.4) is 0 Å². The summed E-state index contributed by atoms with van der Waals surface area (Å²) in [7, 11) is 0. The van der Waals surface area contributed by atoms with Gasteiger partial charge in [-0.1, -0.05) is 36.4 Å². The first kappa shape index (κ1) is 16.5. The molecule has 22 heavy (non-hydrogen) atoms. The van der Waals surface area contributed by atoms with Gasteiger partial charge in [-0.15, -0.1) is 5.10 Å². The molecule has 0 radical (unpaired) electrons. The summed E-state index contributed by atoms with van der Waals surface area (Å²) in [6.45, 7) is 8.64. The number of hydrogen-bond donors (Lipinski definition) is 1. The molecular weight excluding hydrogens is 298 g/mol. The van der Waals surface area contributed by atoms with Crippen molar-refractivity contribution in [2.45, 2.75) is 44.5 Å². The van der Waals surface area contributed by atoms with Crippen LogP contribution in [0.5, 0.6) is 0 Å². The zero-order chi connectivity index (χ0) is 16.1. The minimum atomic E-state index is -0.248. The Balaban J connectivity index is 2.17. The van der Waals surface area contributed by atoms with Crippen LogP contribution in [0.25, 0.3) is 5.69 Å². The van der Waals surface area contributed by atoms with E-state index in [1.165, 1.54) is 17.3 Å². The Labute approximate surface area is 134 Å². The highest BCUT2D eigenvalue weighted by Crippen LogP contribution is 2.24. The zero-order valence-electron chi connectivity index (χ0n) is 13.3. The van der Waals surface area contributed by atoms with Crippen LogP contribution in [-0.2, 0) is 4.79 Å². The summed E-state index contributed by atoms with van der Waals surface area (Å²) in [5.41, 5.74) is 3.22. The van der Waals surface area contributed by atoms with Gasteiger partial charge >= 0.3 is 0 Å². The average molecular weight is 319 g/mol. The molecule has 0 aliphatic heterocycles. The molecule has 0 aliphatic rings. The molecular formula is C15H21N5OS. The first-order valence-electron chi connectivity index (χ1n) is 7.33. The maximum atomic E-state index is 12.0. The van der Waals surface area contributed by atoms with Gasteiger partial charge in [0.2, 0.25) is 11.1 Å². The highest BCUT2D eigenvalue weighted by atomic mass is 32.2. The Morgan fingerprint density at radius 2 is 2.18 bits per heavy atom. The Morgan fingerprint density at radius 3 is 2.86 bits per heavy atom. The number of hydrogen-bond acceptors (Lipinski definition) is 5. The number of rotatable bonds is 6. The third kappa shape index (κ3) is 3.85. The van der Waals surface area contributed by atoms with Gasteiger partial charge in [-0.25, -0.2) is 0 Å². The molecule has 0 fully saturated rings. The van der Waals surface area contributed by atoms with E-state index in [1.54, 1.807) is 4.68 Å². The molecule has 1 atom stereocenters. The van der Waals surface area contributed by atoms with E-state index < -0.39 is 0 Å². The number of nitrogens with zero attached hydrogens (tertiary/aromatic N) is 4. The van der Waals surface area contributed by atoms with Crippen LogP contribution in [0.4, 0.5) is 0 Å². The van der Waals surface area contributed by atoms with Gasteiger partial charge in [0.1, 0.15) is 0 Å². The largest absolute Gasteiger partial charge is 0.355 e. The molecule has 1 heterocycles. The lowest BCUT2D eigenvalue weighted by molar-refractivity contribution is -0.120. The molecule has 2 rings (SSSR count). The van der Waals surface area contributed by atoms with Crippen molar-refractivity contribution < 1.29 is 4.79 Å². The SMILES string of the molecule is CCCNC(=O)[C@@H](C)Sc1nnnn1-c1ccc(C)cc1C. The number of carbonyl (C=O) groups excluding carboxylic acids is 1. The van der Waals surface area contributed by atoms with E-state index in [9.17, 15) is 4.79 Å². The fourth-order valence-electron chi connectivity index (χ4n) is 2.05. The summed E-state index contributed by atoms with van der Waals surface area (Å²) in [4.78, 5) is 12.0. The number of amides is 1. The van der Waals surface area contributed by atoms with Crippen LogP contribution in [0.1, 0.15) is 31.4 Å². The van der Waals surface area contributed by atoms with Crippen LogP contribution in [-0.4, -0.2) is 37.9 Å². The third-order valence-corrected chi connectivity index (χ3v) is 4.26. The van der Waals surface area contributed by atoms with E-state index in [1.807, 2.05) is 39.8 Å². The normalized spacial score (nSPS) is 12.2. The maximum absolute atomic E-state index is 12.0. The number of nitrogens with one attached hydrogen (secondary N) is 1. The molecule has 1 aromatic heterocycles. The van der Waals surface area contributed by atoms with Crippen LogP contribution in [0, 0.1) is 13.8 Å². The molecule has 0 unspecified atom stereocenters. The number of aromatic nitrogens is 4. The first-order chi connectivity index (χ1) is 10.5. The summed E-state index contributed by atoms with van der Waals surface area (Å²) in [5.74, 6) is 0.00188. The van der Waals surface area contributed by atoms with E-state index >= 15 is 0 Å². The van der Waals surface area contributed by atoms with Crippen LogP contribution in [0.2, 0.25) is 0 Å². The molecule has 118 valence electrons. The van der Waals surface area contributed by atoms with E-state index in [0.717, 1.165) is 17.7 Å². The fourth-order valence-corrected chi connectivity index (χ4v) is 2.88. The van der Waals surface area contributed by atoms with Crippen LogP contribution in [0.15, 0.2) is 23.4 Å². The molecule has 1 aromatic carbocycles. The Hall–Kier alpha value is -1.89. The van der Waals surface area contributed by atoms with Crippen LogP contribution < -0.4 is 5.32 Å². The molecule has 2 aromatic rings. The second kappa shape index (κ2) is 7.40. The first-order valence-corrected chi connectivity index (χ1v) is 8.21. The van der Waals surface area contributed by atoms with Crippen molar-refractivity contribution in [3.8, 4) is 5.69 Å². The lowest BCUT2D eigenvalue weighted by Crippen LogP contribution is -2.31.